The van der Waals surface area contributed by atoms with Crippen molar-refractivity contribution in [2.24, 2.45) is 17.6 Å². The molecule has 0 spiro atoms. The number of primary amides is 1. The standard InChI is InChI=1S/C24H26BrN3O8.2ClH/c1-8(25)23(35)27-12-5-4-9-6-10-7-11-16(28(2)3)19(31)15(22(26)34)21(33)24(11,36)20(32)14(10)18(30)13(9)17(12)29;;/h4-5,8,10-11,16,29-30,33,36H,6-7H2,1-3H3,(H2,26,34)(H,27,35);2*1H/t8?,10?,11?,16-,24?;;/m0../s1. The zero-order valence-electron chi connectivity index (χ0n) is 20.5. The lowest BCUT2D eigenvalue weighted by molar-refractivity contribution is -0.153. The van der Waals surface area contributed by atoms with Gasteiger partial charge in [-0.25, -0.2) is 0 Å². The number of hydrogen-bond acceptors (Lipinski definition) is 9. The average molecular weight is 637 g/mol. The van der Waals surface area contributed by atoms with Gasteiger partial charge in [-0.05, 0) is 51.4 Å². The van der Waals surface area contributed by atoms with E-state index in [1.807, 2.05) is 0 Å². The third kappa shape index (κ3) is 4.47. The van der Waals surface area contributed by atoms with Crippen molar-refractivity contribution < 1.29 is 39.6 Å². The Balaban J connectivity index is 0.00000253. The number of carbonyl (C=O) groups excluding carboxylic acids is 4. The molecule has 1 aromatic rings. The van der Waals surface area contributed by atoms with Crippen molar-refractivity contribution in [3.05, 3.63) is 40.2 Å². The number of fused-ring (bicyclic) bond motifs is 3. The van der Waals surface area contributed by atoms with Crippen LogP contribution in [0.5, 0.6) is 5.75 Å². The van der Waals surface area contributed by atoms with Crippen molar-refractivity contribution in [2.45, 2.75) is 36.2 Å². The number of nitrogens with zero attached hydrogens (tertiary/aromatic N) is 1. The number of Topliss-reactive ketones (excluding diaryl/α,β-unsaturated/α-hetero) is 2. The number of nitrogens with one attached hydrogen (secondary N) is 1. The Morgan fingerprint density at radius 3 is 2.32 bits per heavy atom. The second-order valence-corrected chi connectivity index (χ2v) is 10.9. The van der Waals surface area contributed by atoms with E-state index in [1.54, 1.807) is 13.0 Å². The van der Waals surface area contributed by atoms with Crippen LogP contribution in [0.4, 0.5) is 5.69 Å². The predicted octanol–water partition coefficient (Wildman–Crippen LogP) is 1.53. The number of aliphatic hydroxyl groups excluding tert-OH is 2. The van der Waals surface area contributed by atoms with E-state index in [2.05, 4.69) is 21.2 Å². The van der Waals surface area contributed by atoms with Crippen LogP contribution in [0.1, 0.15) is 24.5 Å². The maximum absolute atomic E-state index is 13.8. The minimum absolute atomic E-state index is 0. The Labute approximate surface area is 238 Å². The first kappa shape index (κ1) is 31.6. The third-order valence-electron chi connectivity index (χ3n) is 7.21. The number of benzene rings is 1. The molecule has 1 saturated carbocycles. The minimum Gasteiger partial charge on any atom is -0.508 e. The van der Waals surface area contributed by atoms with E-state index in [0.717, 1.165) is 0 Å². The highest BCUT2D eigenvalue weighted by atomic mass is 79.9. The number of aliphatic hydroxyl groups is 3. The fraction of sp³-hybridized carbons (Fsp3) is 0.417. The molecular formula is C24H28BrCl2N3O8. The SMILES string of the molecule is CC(Br)C(=O)Nc1ccc2c(c1O)C(O)=C1C(=O)C3(O)C(O)=C(C(N)=O)C(=O)[C@@H](N(C)C)C3CC1C2.Cl.Cl. The molecule has 3 aliphatic carbocycles. The zero-order valence-corrected chi connectivity index (χ0v) is 23.7. The summed E-state index contributed by atoms with van der Waals surface area (Å²) in [6.45, 7) is 1.59. The molecule has 5 atom stereocenters. The van der Waals surface area contributed by atoms with Crippen LogP contribution in [0.2, 0.25) is 0 Å². The van der Waals surface area contributed by atoms with Crippen molar-refractivity contribution in [2.75, 3.05) is 19.4 Å². The molecule has 1 aromatic carbocycles. The molecule has 0 aromatic heterocycles. The van der Waals surface area contributed by atoms with E-state index in [0.29, 0.717) is 5.56 Å². The monoisotopic (exact) mass is 635 g/mol. The highest BCUT2D eigenvalue weighted by Gasteiger charge is 2.64. The van der Waals surface area contributed by atoms with Gasteiger partial charge < -0.3 is 31.5 Å². The highest BCUT2D eigenvalue weighted by molar-refractivity contribution is 9.10. The first-order valence-electron chi connectivity index (χ1n) is 11.2. The Hall–Kier alpha value is -2.64. The smallest absolute Gasteiger partial charge is 0.255 e. The molecule has 3 aliphatic rings. The number of hydrogen-bond donors (Lipinski definition) is 6. The average Bonchev–Trinajstić information content (AvgIpc) is 2.77. The molecule has 0 saturated heterocycles. The minimum atomic E-state index is -2.70. The second-order valence-electron chi connectivity index (χ2n) is 9.56. The van der Waals surface area contributed by atoms with Gasteiger partial charge in [-0.1, -0.05) is 22.0 Å². The molecule has 208 valence electrons. The zero-order chi connectivity index (χ0) is 26.9. The second kappa shape index (κ2) is 10.9. The third-order valence-corrected chi connectivity index (χ3v) is 7.63. The number of carbonyl (C=O) groups is 4. The van der Waals surface area contributed by atoms with Crippen LogP contribution in [0.15, 0.2) is 29.0 Å². The van der Waals surface area contributed by atoms with Gasteiger partial charge in [-0.2, -0.15) is 0 Å². The maximum Gasteiger partial charge on any atom is 0.255 e. The highest BCUT2D eigenvalue weighted by Crippen LogP contribution is 2.53. The van der Waals surface area contributed by atoms with Crippen LogP contribution in [0.3, 0.4) is 0 Å². The number of aromatic hydroxyl groups is 1. The Bertz CT molecular complexity index is 1300. The van der Waals surface area contributed by atoms with Gasteiger partial charge >= 0.3 is 0 Å². The van der Waals surface area contributed by atoms with Crippen LogP contribution >= 0.6 is 40.7 Å². The van der Waals surface area contributed by atoms with Crippen molar-refractivity contribution in [3.63, 3.8) is 0 Å². The summed E-state index contributed by atoms with van der Waals surface area (Å²) in [6.07, 6.45) is 0.178. The summed E-state index contributed by atoms with van der Waals surface area (Å²) in [6, 6.07) is 1.93. The first-order valence-corrected chi connectivity index (χ1v) is 12.1. The quantitative estimate of drug-likeness (QED) is 0.162. The summed E-state index contributed by atoms with van der Waals surface area (Å²) in [5.74, 6) is -7.67. The fourth-order valence-electron chi connectivity index (χ4n) is 5.55. The van der Waals surface area contributed by atoms with E-state index in [4.69, 9.17) is 5.73 Å². The molecule has 14 heteroatoms. The van der Waals surface area contributed by atoms with Crippen molar-refractivity contribution >= 4 is 75.6 Å². The molecule has 0 aliphatic heterocycles. The fourth-order valence-corrected chi connectivity index (χ4v) is 5.67. The van der Waals surface area contributed by atoms with Gasteiger partial charge in [0.1, 0.15) is 22.8 Å². The van der Waals surface area contributed by atoms with E-state index in [9.17, 15) is 39.6 Å². The van der Waals surface area contributed by atoms with E-state index >= 15 is 0 Å². The molecule has 1 fully saturated rings. The van der Waals surface area contributed by atoms with Crippen LogP contribution < -0.4 is 11.1 Å². The van der Waals surface area contributed by atoms with Crippen molar-refractivity contribution in [1.82, 2.24) is 4.90 Å². The van der Waals surface area contributed by atoms with Gasteiger partial charge in [0.2, 0.25) is 11.7 Å². The van der Waals surface area contributed by atoms with Gasteiger partial charge in [-0.3, -0.25) is 24.1 Å². The summed E-state index contributed by atoms with van der Waals surface area (Å²) in [5.41, 5.74) is 1.89. The summed E-state index contributed by atoms with van der Waals surface area (Å²) in [7, 11) is 3.07. The lowest BCUT2D eigenvalue weighted by Gasteiger charge is -2.50. The molecular weight excluding hydrogens is 609 g/mol. The molecule has 4 unspecified atom stereocenters. The molecule has 0 heterocycles. The van der Waals surface area contributed by atoms with Crippen LogP contribution in [-0.4, -0.2) is 79.3 Å². The van der Waals surface area contributed by atoms with E-state index in [-0.39, 0.29) is 54.5 Å². The summed E-state index contributed by atoms with van der Waals surface area (Å²) in [5, 5.41) is 46.9. The Morgan fingerprint density at radius 1 is 1.18 bits per heavy atom. The number of phenolic OH excluding ortho intramolecular Hbond substituents is 1. The Morgan fingerprint density at radius 2 is 1.79 bits per heavy atom. The number of phenols is 1. The van der Waals surface area contributed by atoms with Crippen molar-refractivity contribution in [3.8, 4) is 5.75 Å². The number of anilines is 1. The summed E-state index contributed by atoms with van der Waals surface area (Å²) < 4.78 is 0. The number of likely N-dealkylation sites (N-methyl/N-ethyl adjacent to an activating group) is 1. The van der Waals surface area contributed by atoms with E-state index in [1.165, 1.54) is 25.1 Å². The summed E-state index contributed by atoms with van der Waals surface area (Å²) in [4.78, 5) is 51.8. The molecule has 0 bridgehead atoms. The lowest BCUT2D eigenvalue weighted by Crippen LogP contribution is -2.65. The lowest BCUT2D eigenvalue weighted by atomic mass is 9.57. The van der Waals surface area contributed by atoms with Crippen LogP contribution in [0.25, 0.3) is 5.76 Å². The molecule has 0 radical (unpaired) electrons. The molecule has 2 amide bonds. The first-order chi connectivity index (χ1) is 16.7. The molecule has 38 heavy (non-hydrogen) atoms. The van der Waals surface area contributed by atoms with Gasteiger partial charge in [0.15, 0.2) is 11.4 Å². The number of rotatable bonds is 4. The normalized spacial score (nSPS) is 26.9. The van der Waals surface area contributed by atoms with Gasteiger partial charge in [-0.15, -0.1) is 24.8 Å². The van der Waals surface area contributed by atoms with Gasteiger partial charge in [0, 0.05) is 11.5 Å². The number of amides is 2. The van der Waals surface area contributed by atoms with Crippen LogP contribution in [-0.2, 0) is 25.6 Å². The molecule has 4 rings (SSSR count). The number of nitrogens with two attached hydrogens (primary N) is 1. The number of halogens is 3. The maximum atomic E-state index is 13.8. The largest absolute Gasteiger partial charge is 0.508 e. The predicted molar refractivity (Wildman–Crippen MR) is 146 cm³/mol. The summed E-state index contributed by atoms with van der Waals surface area (Å²) >= 11 is 3.13. The topological polar surface area (TPSA) is 190 Å². The van der Waals surface area contributed by atoms with Crippen molar-refractivity contribution in [1.29, 1.82) is 0 Å². The van der Waals surface area contributed by atoms with E-state index < -0.39 is 74.5 Å². The Kier molecular flexibility index (Phi) is 9.02. The number of ketones is 2. The van der Waals surface area contributed by atoms with Gasteiger partial charge in [0.05, 0.1) is 22.1 Å². The molecule has 11 nitrogen and oxygen atoms in total. The molecule has 7 N–H and O–H groups in total. The number of alkyl halides is 1. The van der Waals surface area contributed by atoms with Crippen LogP contribution in [0, 0.1) is 11.8 Å². The van der Waals surface area contributed by atoms with Gasteiger partial charge in [0.25, 0.3) is 5.91 Å².